The Morgan fingerprint density at radius 1 is 1.50 bits per heavy atom. The van der Waals surface area contributed by atoms with Crippen molar-refractivity contribution in [3.8, 4) is 0 Å². The third-order valence-electron chi connectivity index (χ3n) is 2.44. The summed E-state index contributed by atoms with van der Waals surface area (Å²) in [6.45, 7) is 1.88. The van der Waals surface area contributed by atoms with Gasteiger partial charge in [0.15, 0.2) is 0 Å². The molecule has 0 saturated heterocycles. The second kappa shape index (κ2) is 5.26. The maximum atomic E-state index is 11.8. The summed E-state index contributed by atoms with van der Waals surface area (Å²) < 4.78 is 0.739. The molecule has 7 heteroatoms. The number of aromatic nitrogens is 1. The average Bonchev–Trinajstić information content (AvgIpc) is 2.34. The Bertz CT molecular complexity index is 542. The standard InChI is InChI=1S/C11H11BrN4O2/c1-6-4-7(5-13-10(6)12)14-11(18)8-2-3-9(17)16-15-8/h4-5H,2-3H2,1H3,(H,14,18)(H,16,17). The van der Waals surface area contributed by atoms with Crippen molar-refractivity contribution in [1.82, 2.24) is 10.4 Å². The van der Waals surface area contributed by atoms with Gasteiger partial charge in [-0.3, -0.25) is 9.59 Å². The van der Waals surface area contributed by atoms with Crippen LogP contribution < -0.4 is 10.7 Å². The van der Waals surface area contributed by atoms with Crippen LogP contribution in [0.4, 0.5) is 5.69 Å². The Kier molecular flexibility index (Phi) is 3.71. The van der Waals surface area contributed by atoms with Crippen LogP contribution in [0.2, 0.25) is 0 Å². The van der Waals surface area contributed by atoms with Crippen LogP contribution in [0.15, 0.2) is 22.0 Å². The molecule has 0 bridgehead atoms. The van der Waals surface area contributed by atoms with Crippen molar-refractivity contribution < 1.29 is 9.59 Å². The van der Waals surface area contributed by atoms with Gasteiger partial charge in [-0.25, -0.2) is 10.4 Å². The van der Waals surface area contributed by atoms with Gasteiger partial charge in [-0.15, -0.1) is 0 Å². The van der Waals surface area contributed by atoms with E-state index in [0.29, 0.717) is 17.8 Å². The van der Waals surface area contributed by atoms with E-state index in [-0.39, 0.29) is 18.2 Å². The number of hydrogen-bond donors (Lipinski definition) is 2. The molecule has 0 aromatic carbocycles. The molecule has 2 N–H and O–H groups in total. The monoisotopic (exact) mass is 310 g/mol. The number of aryl methyl sites for hydroxylation is 1. The van der Waals surface area contributed by atoms with Crippen molar-refractivity contribution in [3.63, 3.8) is 0 Å². The molecule has 2 amide bonds. The number of carbonyl (C=O) groups excluding carboxylic acids is 2. The summed E-state index contributed by atoms with van der Waals surface area (Å²) in [6.07, 6.45) is 2.18. The van der Waals surface area contributed by atoms with Crippen molar-refractivity contribution in [2.45, 2.75) is 19.8 Å². The molecule has 0 saturated carbocycles. The lowest BCUT2D eigenvalue weighted by molar-refractivity contribution is -0.121. The number of pyridine rings is 1. The molecule has 1 aliphatic rings. The van der Waals surface area contributed by atoms with Gasteiger partial charge < -0.3 is 5.32 Å². The van der Waals surface area contributed by atoms with Crippen LogP contribution in [-0.4, -0.2) is 22.5 Å². The second-order valence-corrected chi connectivity index (χ2v) is 4.63. The number of anilines is 1. The zero-order chi connectivity index (χ0) is 13.1. The summed E-state index contributed by atoms with van der Waals surface area (Å²) in [6, 6.07) is 1.80. The second-order valence-electron chi connectivity index (χ2n) is 3.88. The van der Waals surface area contributed by atoms with Crippen LogP contribution in [0.5, 0.6) is 0 Å². The quantitative estimate of drug-likeness (QED) is 0.809. The third-order valence-corrected chi connectivity index (χ3v) is 3.27. The number of hydrazone groups is 1. The van der Waals surface area contributed by atoms with Gasteiger partial charge in [0.25, 0.3) is 5.91 Å². The number of hydrogen-bond acceptors (Lipinski definition) is 4. The minimum absolute atomic E-state index is 0.173. The Morgan fingerprint density at radius 2 is 2.28 bits per heavy atom. The highest BCUT2D eigenvalue weighted by Gasteiger charge is 2.18. The molecule has 0 unspecified atom stereocenters. The van der Waals surface area contributed by atoms with E-state index in [9.17, 15) is 9.59 Å². The molecule has 1 aliphatic heterocycles. The predicted molar refractivity (Wildman–Crippen MR) is 70.1 cm³/mol. The van der Waals surface area contributed by atoms with E-state index in [0.717, 1.165) is 10.2 Å². The lowest BCUT2D eigenvalue weighted by Gasteiger charge is -2.12. The van der Waals surface area contributed by atoms with E-state index in [4.69, 9.17) is 0 Å². The molecule has 6 nitrogen and oxygen atoms in total. The van der Waals surface area contributed by atoms with Crippen LogP contribution >= 0.6 is 15.9 Å². The van der Waals surface area contributed by atoms with Gasteiger partial charge in [-0.2, -0.15) is 5.10 Å². The van der Waals surface area contributed by atoms with Crippen LogP contribution in [0.3, 0.4) is 0 Å². The Balaban J connectivity index is 2.07. The molecule has 0 aliphatic carbocycles. The molecular weight excluding hydrogens is 300 g/mol. The van der Waals surface area contributed by atoms with Gasteiger partial charge in [0.1, 0.15) is 10.3 Å². The first kappa shape index (κ1) is 12.7. The fraction of sp³-hybridized carbons (Fsp3) is 0.273. The fourth-order valence-electron chi connectivity index (χ4n) is 1.47. The molecule has 94 valence electrons. The van der Waals surface area contributed by atoms with Gasteiger partial charge in [0, 0.05) is 12.8 Å². The van der Waals surface area contributed by atoms with Crippen LogP contribution in [0, 0.1) is 6.92 Å². The predicted octanol–water partition coefficient (Wildman–Crippen LogP) is 1.36. The van der Waals surface area contributed by atoms with Crippen molar-refractivity contribution in [3.05, 3.63) is 22.4 Å². The topological polar surface area (TPSA) is 83.5 Å². The van der Waals surface area contributed by atoms with Gasteiger partial charge in [-0.1, -0.05) is 0 Å². The van der Waals surface area contributed by atoms with Gasteiger partial charge in [0.05, 0.1) is 11.9 Å². The Labute approximate surface area is 112 Å². The smallest absolute Gasteiger partial charge is 0.271 e. The summed E-state index contributed by atoms with van der Waals surface area (Å²) in [7, 11) is 0. The summed E-state index contributed by atoms with van der Waals surface area (Å²) in [5, 5.41) is 6.41. The summed E-state index contributed by atoms with van der Waals surface area (Å²) in [5.74, 6) is -0.494. The van der Waals surface area contributed by atoms with Crippen LogP contribution in [-0.2, 0) is 9.59 Å². The summed E-state index contributed by atoms with van der Waals surface area (Å²) >= 11 is 3.28. The average molecular weight is 311 g/mol. The Hall–Kier alpha value is -1.76. The molecule has 1 aromatic heterocycles. The zero-order valence-corrected chi connectivity index (χ0v) is 11.2. The highest BCUT2D eigenvalue weighted by Crippen LogP contribution is 2.17. The van der Waals surface area contributed by atoms with Gasteiger partial charge >= 0.3 is 0 Å². The van der Waals surface area contributed by atoms with E-state index in [1.165, 1.54) is 0 Å². The molecular formula is C11H11BrN4O2. The highest BCUT2D eigenvalue weighted by atomic mass is 79.9. The minimum Gasteiger partial charge on any atom is -0.319 e. The largest absolute Gasteiger partial charge is 0.319 e. The van der Waals surface area contributed by atoms with E-state index in [1.807, 2.05) is 6.92 Å². The van der Waals surface area contributed by atoms with E-state index in [1.54, 1.807) is 12.3 Å². The lowest BCUT2D eigenvalue weighted by atomic mass is 10.1. The van der Waals surface area contributed by atoms with Gasteiger partial charge in [-0.05, 0) is 34.5 Å². The van der Waals surface area contributed by atoms with Crippen LogP contribution in [0.1, 0.15) is 18.4 Å². The number of halogens is 1. The number of amides is 2. The number of nitrogens with one attached hydrogen (secondary N) is 2. The molecule has 18 heavy (non-hydrogen) atoms. The van der Waals surface area contributed by atoms with Crippen molar-refractivity contribution in [2.24, 2.45) is 5.10 Å². The molecule has 2 rings (SSSR count). The van der Waals surface area contributed by atoms with Crippen molar-refractivity contribution in [1.29, 1.82) is 0 Å². The number of rotatable bonds is 2. The number of nitrogens with zero attached hydrogens (tertiary/aromatic N) is 2. The number of carbonyl (C=O) groups is 2. The molecule has 0 spiro atoms. The van der Waals surface area contributed by atoms with E-state index >= 15 is 0 Å². The minimum atomic E-state index is -0.321. The van der Waals surface area contributed by atoms with E-state index < -0.39 is 0 Å². The van der Waals surface area contributed by atoms with Crippen molar-refractivity contribution in [2.75, 3.05) is 5.32 Å². The molecule has 2 heterocycles. The van der Waals surface area contributed by atoms with E-state index in [2.05, 4.69) is 36.8 Å². The maximum Gasteiger partial charge on any atom is 0.271 e. The fourth-order valence-corrected chi connectivity index (χ4v) is 1.68. The first-order valence-corrected chi connectivity index (χ1v) is 6.14. The highest BCUT2D eigenvalue weighted by molar-refractivity contribution is 9.10. The normalized spacial score (nSPS) is 14.8. The summed E-state index contributed by atoms with van der Waals surface area (Å²) in [5.41, 5.74) is 4.12. The summed E-state index contributed by atoms with van der Waals surface area (Å²) in [4.78, 5) is 26.8. The Morgan fingerprint density at radius 3 is 2.89 bits per heavy atom. The molecule has 1 aromatic rings. The zero-order valence-electron chi connectivity index (χ0n) is 9.66. The molecule has 0 radical (unpaired) electrons. The first-order valence-electron chi connectivity index (χ1n) is 5.35. The van der Waals surface area contributed by atoms with Crippen LogP contribution in [0.25, 0.3) is 0 Å². The first-order chi connectivity index (χ1) is 8.56. The molecule has 0 fully saturated rings. The van der Waals surface area contributed by atoms with Gasteiger partial charge in [0.2, 0.25) is 5.91 Å². The maximum absolute atomic E-state index is 11.8. The van der Waals surface area contributed by atoms with Crippen molar-refractivity contribution >= 4 is 39.1 Å². The molecule has 0 atom stereocenters. The lowest BCUT2D eigenvalue weighted by Crippen LogP contribution is -2.32. The SMILES string of the molecule is Cc1cc(NC(=O)C2=NNC(=O)CC2)cnc1Br. The third kappa shape index (κ3) is 2.92.